The van der Waals surface area contributed by atoms with Gasteiger partial charge in [0.25, 0.3) is 0 Å². The molecule has 0 bridgehead atoms. The molecule has 27 heteroatoms. The van der Waals surface area contributed by atoms with Crippen LogP contribution in [0.4, 0.5) is 43.9 Å². The molecule has 3 atom stereocenters. The lowest BCUT2D eigenvalue weighted by molar-refractivity contribution is -0.193. The van der Waals surface area contributed by atoms with Gasteiger partial charge in [0.2, 0.25) is 17.7 Å². The van der Waals surface area contributed by atoms with Crippen molar-refractivity contribution in [3.63, 3.8) is 0 Å². The van der Waals surface area contributed by atoms with E-state index in [-0.39, 0.29) is 51.1 Å². The van der Waals surface area contributed by atoms with Crippen molar-refractivity contribution in [3.8, 4) is 0 Å². The summed E-state index contributed by atoms with van der Waals surface area (Å²) in [6.07, 6.45) is -12.5. The molecule has 344 valence electrons. The van der Waals surface area contributed by atoms with Crippen LogP contribution in [-0.4, -0.2) is 135 Å². The van der Waals surface area contributed by atoms with Crippen LogP contribution in [0, 0.1) is 0 Å². The molecule has 1 aromatic rings. The molecule has 1 heterocycles. The van der Waals surface area contributed by atoms with Gasteiger partial charge in [-0.1, -0.05) is 30.3 Å². The zero-order valence-corrected chi connectivity index (χ0v) is 31.4. The van der Waals surface area contributed by atoms with Gasteiger partial charge in [0.05, 0.1) is 12.7 Å². The van der Waals surface area contributed by atoms with Crippen molar-refractivity contribution in [2.75, 3.05) is 26.3 Å². The highest BCUT2D eigenvalue weighted by Crippen LogP contribution is 2.22. The van der Waals surface area contributed by atoms with Crippen molar-refractivity contribution >= 4 is 41.6 Å². The van der Waals surface area contributed by atoms with E-state index in [1.54, 1.807) is 0 Å². The van der Waals surface area contributed by atoms with Crippen LogP contribution in [0.25, 0.3) is 0 Å². The van der Waals surface area contributed by atoms with E-state index in [4.69, 9.17) is 46.9 Å². The SMILES string of the molecule is NCCCC[C@@H](NC(=O)C(CCCCF)NC(=O)[C@H](N)Cc1ccccc1)C(=O)N1CCC(N)(C(=O)O)CC1.O=C(O)C(F)(F)F.O=C(O)C(F)(F)F.O=C(O)C(F)(F)F. The molecule has 0 aromatic heterocycles. The maximum Gasteiger partial charge on any atom is 0.490 e. The second kappa shape index (κ2) is 26.7. The summed E-state index contributed by atoms with van der Waals surface area (Å²) in [7, 11) is 0. The predicted octanol–water partition coefficient (Wildman–Crippen LogP) is 2.10. The third-order valence-electron chi connectivity index (χ3n) is 7.83. The standard InChI is InChI=1S/C27H43FN6O5.3C2HF3O2/c28-14-6-4-10-21(32-23(35)20(30)18-19-8-2-1-3-9-19)24(36)33-22(11-5-7-15-29)25(37)34-16-12-27(31,13-17-34)26(38)39;3*3-2(4,5)1(6)7/h1-3,8-9,20-22H,4-7,10-18,29-31H2,(H,32,35)(H,33,36)(H,38,39);3*(H,6,7)/t20-,21?,22-;;;/m1.../s1. The van der Waals surface area contributed by atoms with Crippen LogP contribution in [0.5, 0.6) is 0 Å². The van der Waals surface area contributed by atoms with Gasteiger partial charge in [0.1, 0.15) is 17.6 Å². The third kappa shape index (κ3) is 23.9. The number of carboxylic acids is 4. The number of rotatable bonds is 16. The van der Waals surface area contributed by atoms with E-state index >= 15 is 0 Å². The molecule has 2 rings (SSSR count). The fourth-order valence-electron chi connectivity index (χ4n) is 4.53. The molecule has 0 aliphatic carbocycles. The maximum absolute atomic E-state index is 13.4. The molecule has 3 amide bonds. The van der Waals surface area contributed by atoms with Crippen LogP contribution >= 0.6 is 0 Å². The molecule has 0 radical (unpaired) electrons. The normalized spacial score (nSPS) is 15.1. The number of nitrogens with two attached hydrogens (primary N) is 3. The molecule has 1 aromatic carbocycles. The van der Waals surface area contributed by atoms with Gasteiger partial charge in [-0.3, -0.25) is 23.6 Å². The lowest BCUT2D eigenvalue weighted by Gasteiger charge is -2.38. The molecule has 12 N–H and O–H groups in total. The Morgan fingerprint density at radius 3 is 1.47 bits per heavy atom. The van der Waals surface area contributed by atoms with Crippen molar-refractivity contribution in [1.82, 2.24) is 15.5 Å². The van der Waals surface area contributed by atoms with Crippen LogP contribution in [0.15, 0.2) is 30.3 Å². The molecule has 1 unspecified atom stereocenters. The smallest absolute Gasteiger partial charge is 0.480 e. The Labute approximate surface area is 334 Å². The largest absolute Gasteiger partial charge is 0.490 e. The van der Waals surface area contributed by atoms with Gasteiger partial charge in [-0.15, -0.1) is 0 Å². The number of hydrogen-bond acceptors (Lipinski definition) is 10. The van der Waals surface area contributed by atoms with Crippen LogP contribution in [0.2, 0.25) is 0 Å². The van der Waals surface area contributed by atoms with Crippen molar-refractivity contribution in [2.24, 2.45) is 17.2 Å². The van der Waals surface area contributed by atoms with E-state index < -0.39 is 84.6 Å². The number of piperidine rings is 1. The van der Waals surface area contributed by atoms with Crippen molar-refractivity contribution < 1.29 is 97.9 Å². The monoisotopic (exact) mass is 892 g/mol. The third-order valence-corrected chi connectivity index (χ3v) is 7.83. The van der Waals surface area contributed by atoms with Gasteiger partial charge < -0.3 is 53.2 Å². The molecule has 0 saturated carbocycles. The van der Waals surface area contributed by atoms with E-state index in [2.05, 4.69) is 10.6 Å². The van der Waals surface area contributed by atoms with E-state index in [9.17, 15) is 68.2 Å². The highest BCUT2D eigenvalue weighted by Gasteiger charge is 2.41. The molecule has 1 saturated heterocycles. The minimum atomic E-state index is -5.08. The van der Waals surface area contributed by atoms with Crippen LogP contribution in [0.3, 0.4) is 0 Å². The number of amides is 3. The second-order valence-electron chi connectivity index (χ2n) is 12.6. The number of hydrogen-bond donors (Lipinski definition) is 9. The Balaban J connectivity index is 0. The van der Waals surface area contributed by atoms with Gasteiger partial charge in [-0.25, -0.2) is 14.4 Å². The summed E-state index contributed by atoms with van der Waals surface area (Å²) in [6, 6.07) is 6.44. The van der Waals surface area contributed by atoms with E-state index in [0.717, 1.165) is 5.56 Å². The molecule has 1 fully saturated rings. The first-order valence-corrected chi connectivity index (χ1v) is 17.3. The van der Waals surface area contributed by atoms with Crippen molar-refractivity contribution in [1.29, 1.82) is 0 Å². The number of carboxylic acid groups (broad SMARTS) is 4. The van der Waals surface area contributed by atoms with E-state index in [1.807, 2.05) is 30.3 Å². The zero-order valence-electron chi connectivity index (χ0n) is 31.4. The first-order valence-electron chi connectivity index (χ1n) is 17.3. The molecular weight excluding hydrogens is 846 g/mol. The fraction of sp³-hybridized carbons (Fsp3) is 0.606. The Kier molecular flexibility index (Phi) is 25.3. The number of likely N-dealkylation sites (tertiary alicyclic amines) is 1. The number of nitrogens with zero attached hydrogens (tertiary/aromatic N) is 1. The minimum Gasteiger partial charge on any atom is -0.480 e. The van der Waals surface area contributed by atoms with Crippen molar-refractivity contribution in [2.45, 2.75) is 100.0 Å². The Morgan fingerprint density at radius 1 is 0.683 bits per heavy atom. The number of aliphatic carboxylic acids is 4. The first kappa shape index (κ1) is 56.8. The molecule has 0 spiro atoms. The Morgan fingerprint density at radius 2 is 1.08 bits per heavy atom. The summed E-state index contributed by atoms with van der Waals surface area (Å²) in [6.45, 7) is 0.170. The highest BCUT2D eigenvalue weighted by molar-refractivity contribution is 5.93. The first-order chi connectivity index (χ1) is 27.4. The highest BCUT2D eigenvalue weighted by atomic mass is 19.4. The van der Waals surface area contributed by atoms with Crippen LogP contribution in [0.1, 0.15) is 56.9 Å². The van der Waals surface area contributed by atoms with Gasteiger partial charge in [-0.05, 0) is 69.9 Å². The summed E-state index contributed by atoms with van der Waals surface area (Å²) in [4.78, 5) is 79.2. The summed E-state index contributed by atoms with van der Waals surface area (Å²) in [5.74, 6) is -10.8. The molecule has 1 aliphatic heterocycles. The Hall–Kier alpha value is -5.31. The van der Waals surface area contributed by atoms with Crippen LogP contribution < -0.4 is 27.8 Å². The maximum atomic E-state index is 13.4. The summed E-state index contributed by atoms with van der Waals surface area (Å²) >= 11 is 0. The quantitative estimate of drug-likeness (QED) is 0.0849. The van der Waals surface area contributed by atoms with Gasteiger partial charge >= 0.3 is 42.4 Å². The van der Waals surface area contributed by atoms with E-state index in [1.165, 1.54) is 4.90 Å². The molecule has 1 aliphatic rings. The lowest BCUT2D eigenvalue weighted by Crippen LogP contribution is -2.60. The molecular formula is C33H46F10N6O11. The molecule has 60 heavy (non-hydrogen) atoms. The summed E-state index contributed by atoms with van der Waals surface area (Å²) in [5, 5.41) is 36.2. The second-order valence-corrected chi connectivity index (χ2v) is 12.6. The Bertz CT molecular complexity index is 1470. The fourth-order valence-corrected chi connectivity index (χ4v) is 4.53. The number of halogens is 10. The lowest BCUT2D eigenvalue weighted by atomic mass is 9.88. The van der Waals surface area contributed by atoms with Crippen molar-refractivity contribution in [3.05, 3.63) is 35.9 Å². The zero-order chi connectivity index (χ0) is 47.1. The van der Waals surface area contributed by atoms with Crippen LogP contribution in [-0.2, 0) is 40.0 Å². The number of carbonyl (C=O) groups excluding carboxylic acids is 3. The summed E-state index contributed by atoms with van der Waals surface area (Å²) < 4.78 is 108. The average molecular weight is 893 g/mol. The number of carbonyl (C=O) groups is 7. The summed E-state index contributed by atoms with van der Waals surface area (Å²) in [5.41, 5.74) is 17.1. The number of nitrogens with one attached hydrogen (secondary N) is 2. The minimum absolute atomic E-state index is 0.0960. The average Bonchev–Trinajstić information content (AvgIpc) is 3.14. The number of unbranched alkanes of at least 4 members (excludes halogenated alkanes) is 2. The topological polar surface area (TPSA) is 306 Å². The van der Waals surface area contributed by atoms with Gasteiger partial charge in [0.15, 0.2) is 0 Å². The molecule has 17 nitrogen and oxygen atoms in total. The van der Waals surface area contributed by atoms with Gasteiger partial charge in [0, 0.05) is 13.1 Å². The predicted molar refractivity (Wildman–Crippen MR) is 186 cm³/mol. The van der Waals surface area contributed by atoms with E-state index in [0.29, 0.717) is 32.2 Å². The number of benzene rings is 1. The van der Waals surface area contributed by atoms with Gasteiger partial charge in [-0.2, -0.15) is 39.5 Å². The number of alkyl halides is 10.